The second kappa shape index (κ2) is 4.67. The zero-order valence-corrected chi connectivity index (χ0v) is 10.1. The predicted octanol–water partition coefficient (Wildman–Crippen LogP) is 0.421. The molecule has 0 amide bonds. The van der Waals surface area contributed by atoms with Gasteiger partial charge >= 0.3 is 5.97 Å². The van der Waals surface area contributed by atoms with Crippen LogP contribution in [0.1, 0.15) is 33.4 Å². The van der Waals surface area contributed by atoms with Gasteiger partial charge in [0, 0.05) is 24.0 Å². The maximum Gasteiger partial charge on any atom is 0.340 e. The molecular weight excluding hydrogens is 208 g/mol. The predicted molar refractivity (Wildman–Crippen MR) is 60.2 cm³/mol. The first-order valence-corrected chi connectivity index (χ1v) is 5.06. The Hall–Kier alpha value is -1.33. The second-order valence-electron chi connectivity index (χ2n) is 3.80. The number of carbonyl (C=O) groups excluding carboxylic acids is 1. The Morgan fingerprint density at radius 2 is 2.06 bits per heavy atom. The Morgan fingerprint density at radius 3 is 2.50 bits per heavy atom. The lowest BCUT2D eigenvalue weighted by Crippen LogP contribution is -2.19. The van der Waals surface area contributed by atoms with Gasteiger partial charge in [0.15, 0.2) is 0 Å². The Morgan fingerprint density at radius 1 is 1.50 bits per heavy atom. The molecule has 90 valence electrons. The average molecular weight is 226 g/mol. The Labute approximate surface area is 94.8 Å². The number of methoxy groups -OCH3 is 1. The Bertz CT molecular complexity index is 410. The third kappa shape index (κ3) is 1.83. The zero-order valence-electron chi connectivity index (χ0n) is 10.1. The normalized spacial score (nSPS) is 12.6. The topological polar surface area (TPSA) is 77.5 Å². The van der Waals surface area contributed by atoms with Gasteiger partial charge in [-0.3, -0.25) is 0 Å². The SMILES string of the molecule is COC(=O)c1c(C(N)CO)c(C)n(C)c1C. The molecule has 5 nitrogen and oxygen atoms in total. The second-order valence-corrected chi connectivity index (χ2v) is 3.80. The first kappa shape index (κ1) is 12.7. The van der Waals surface area contributed by atoms with Crippen molar-refractivity contribution in [2.45, 2.75) is 19.9 Å². The summed E-state index contributed by atoms with van der Waals surface area (Å²) in [6, 6.07) is -0.561. The van der Waals surface area contributed by atoms with Gasteiger partial charge in [-0.2, -0.15) is 0 Å². The van der Waals surface area contributed by atoms with Crippen molar-refractivity contribution in [2.75, 3.05) is 13.7 Å². The van der Waals surface area contributed by atoms with E-state index in [4.69, 9.17) is 15.6 Å². The summed E-state index contributed by atoms with van der Waals surface area (Å²) in [6.45, 7) is 3.49. The maximum atomic E-state index is 11.7. The quantitative estimate of drug-likeness (QED) is 0.732. The molecule has 0 radical (unpaired) electrons. The number of aliphatic hydroxyl groups is 1. The van der Waals surface area contributed by atoms with Gasteiger partial charge in [0.1, 0.15) is 0 Å². The van der Waals surface area contributed by atoms with Gasteiger partial charge in [-0.1, -0.05) is 0 Å². The van der Waals surface area contributed by atoms with E-state index in [-0.39, 0.29) is 6.61 Å². The molecule has 5 heteroatoms. The molecule has 1 heterocycles. The fourth-order valence-electron chi connectivity index (χ4n) is 1.88. The van der Waals surface area contributed by atoms with Crippen LogP contribution in [0.4, 0.5) is 0 Å². The highest BCUT2D eigenvalue weighted by molar-refractivity contribution is 5.93. The Kier molecular flexibility index (Phi) is 3.72. The first-order valence-electron chi connectivity index (χ1n) is 5.06. The molecule has 1 aromatic heterocycles. The summed E-state index contributed by atoms with van der Waals surface area (Å²) in [6.07, 6.45) is 0. The average Bonchev–Trinajstić information content (AvgIpc) is 2.51. The number of aromatic nitrogens is 1. The summed E-state index contributed by atoms with van der Waals surface area (Å²) in [4.78, 5) is 11.7. The van der Waals surface area contributed by atoms with Crippen LogP contribution < -0.4 is 5.73 Å². The number of ether oxygens (including phenoxy) is 1. The van der Waals surface area contributed by atoms with Crippen molar-refractivity contribution < 1.29 is 14.6 Å². The molecule has 0 spiro atoms. The molecule has 0 aliphatic rings. The number of carbonyl (C=O) groups is 1. The summed E-state index contributed by atoms with van der Waals surface area (Å²) in [5.74, 6) is -0.417. The third-order valence-corrected chi connectivity index (χ3v) is 2.98. The lowest BCUT2D eigenvalue weighted by Gasteiger charge is -2.10. The minimum Gasteiger partial charge on any atom is -0.465 e. The number of aliphatic hydroxyl groups excluding tert-OH is 1. The zero-order chi connectivity index (χ0) is 12.5. The van der Waals surface area contributed by atoms with Gasteiger partial charge in [-0.05, 0) is 13.8 Å². The van der Waals surface area contributed by atoms with Crippen LogP contribution in [0.2, 0.25) is 0 Å². The third-order valence-electron chi connectivity index (χ3n) is 2.98. The van der Waals surface area contributed by atoms with E-state index in [2.05, 4.69) is 0 Å². The van der Waals surface area contributed by atoms with Crippen LogP contribution in [0, 0.1) is 13.8 Å². The van der Waals surface area contributed by atoms with Crippen molar-refractivity contribution in [2.24, 2.45) is 12.8 Å². The van der Waals surface area contributed by atoms with E-state index in [0.29, 0.717) is 11.1 Å². The summed E-state index contributed by atoms with van der Waals surface area (Å²) in [5, 5.41) is 9.11. The van der Waals surface area contributed by atoms with Crippen LogP contribution >= 0.6 is 0 Å². The summed E-state index contributed by atoms with van der Waals surface area (Å²) in [5.41, 5.74) is 8.59. The molecule has 1 unspecified atom stereocenters. The first-order chi connectivity index (χ1) is 7.45. The molecule has 0 aliphatic carbocycles. The van der Waals surface area contributed by atoms with Crippen LogP contribution in [-0.4, -0.2) is 29.4 Å². The van der Waals surface area contributed by atoms with Crippen molar-refractivity contribution in [3.8, 4) is 0 Å². The van der Waals surface area contributed by atoms with Crippen molar-refractivity contribution >= 4 is 5.97 Å². The molecule has 0 saturated heterocycles. The molecule has 0 bridgehead atoms. The monoisotopic (exact) mass is 226 g/mol. The molecule has 1 rings (SSSR count). The van der Waals surface area contributed by atoms with Gasteiger partial charge in [-0.25, -0.2) is 4.79 Å². The smallest absolute Gasteiger partial charge is 0.340 e. The highest BCUT2D eigenvalue weighted by atomic mass is 16.5. The maximum absolute atomic E-state index is 11.7. The highest BCUT2D eigenvalue weighted by Gasteiger charge is 2.25. The molecule has 1 atom stereocenters. The largest absolute Gasteiger partial charge is 0.465 e. The Balaban J connectivity index is 3.45. The fraction of sp³-hybridized carbons (Fsp3) is 0.545. The number of nitrogens with zero attached hydrogens (tertiary/aromatic N) is 1. The van der Waals surface area contributed by atoms with Crippen molar-refractivity contribution in [1.29, 1.82) is 0 Å². The summed E-state index contributed by atoms with van der Waals surface area (Å²) < 4.78 is 6.60. The summed E-state index contributed by atoms with van der Waals surface area (Å²) >= 11 is 0. The van der Waals surface area contributed by atoms with Crippen molar-refractivity contribution in [1.82, 2.24) is 4.57 Å². The number of hydrogen-bond acceptors (Lipinski definition) is 4. The van der Waals surface area contributed by atoms with E-state index in [0.717, 1.165) is 11.4 Å². The molecular formula is C11H18N2O3. The number of hydrogen-bond donors (Lipinski definition) is 2. The fourth-order valence-corrected chi connectivity index (χ4v) is 1.88. The molecule has 0 saturated carbocycles. The lowest BCUT2D eigenvalue weighted by atomic mass is 10.0. The van der Waals surface area contributed by atoms with E-state index >= 15 is 0 Å². The van der Waals surface area contributed by atoms with Crippen LogP contribution in [0.5, 0.6) is 0 Å². The van der Waals surface area contributed by atoms with Crippen LogP contribution in [0.15, 0.2) is 0 Å². The van der Waals surface area contributed by atoms with E-state index < -0.39 is 12.0 Å². The van der Waals surface area contributed by atoms with Crippen molar-refractivity contribution in [3.05, 3.63) is 22.5 Å². The molecule has 3 N–H and O–H groups in total. The molecule has 0 aromatic carbocycles. The molecule has 1 aromatic rings. The highest BCUT2D eigenvalue weighted by Crippen LogP contribution is 2.26. The van der Waals surface area contributed by atoms with Crippen LogP contribution in [-0.2, 0) is 11.8 Å². The van der Waals surface area contributed by atoms with Crippen LogP contribution in [0.3, 0.4) is 0 Å². The number of nitrogens with two attached hydrogens (primary N) is 1. The minimum absolute atomic E-state index is 0.200. The van der Waals surface area contributed by atoms with E-state index in [1.165, 1.54) is 7.11 Å². The molecule has 0 fully saturated rings. The number of esters is 1. The van der Waals surface area contributed by atoms with Gasteiger partial charge in [0.05, 0.1) is 25.3 Å². The van der Waals surface area contributed by atoms with E-state index in [1.807, 2.05) is 25.5 Å². The standard InChI is InChI=1S/C11H18N2O3/c1-6-9(8(12)5-14)10(11(15)16-4)7(2)13(6)3/h8,14H,5,12H2,1-4H3. The molecule has 16 heavy (non-hydrogen) atoms. The van der Waals surface area contributed by atoms with Gasteiger partial charge < -0.3 is 20.1 Å². The van der Waals surface area contributed by atoms with Gasteiger partial charge in [0.25, 0.3) is 0 Å². The van der Waals surface area contributed by atoms with Gasteiger partial charge in [0.2, 0.25) is 0 Å². The minimum atomic E-state index is -0.561. The van der Waals surface area contributed by atoms with Crippen molar-refractivity contribution in [3.63, 3.8) is 0 Å². The van der Waals surface area contributed by atoms with Gasteiger partial charge in [-0.15, -0.1) is 0 Å². The molecule has 0 aliphatic heterocycles. The van der Waals surface area contributed by atoms with E-state index in [9.17, 15) is 4.79 Å². The lowest BCUT2D eigenvalue weighted by molar-refractivity contribution is 0.0597. The number of rotatable bonds is 3. The van der Waals surface area contributed by atoms with E-state index in [1.54, 1.807) is 0 Å². The van der Waals surface area contributed by atoms with Crippen LogP contribution in [0.25, 0.3) is 0 Å². The summed E-state index contributed by atoms with van der Waals surface area (Å²) in [7, 11) is 3.18.